The number of rotatable bonds is 4. The Kier molecular flexibility index (Phi) is 8.81. The van der Waals surface area contributed by atoms with Crippen LogP contribution in [-0.2, 0) is 45.5 Å². The third-order valence-corrected chi connectivity index (χ3v) is 5.09. The van der Waals surface area contributed by atoms with Gasteiger partial charge in [-0.2, -0.15) is 11.1 Å². The Morgan fingerprint density at radius 3 is 1.42 bits per heavy atom. The second-order valence-corrected chi connectivity index (χ2v) is 6.35. The predicted octanol–water partition coefficient (Wildman–Crippen LogP) is 0.152. The maximum absolute atomic E-state index is 2.39. The van der Waals surface area contributed by atoms with Crippen molar-refractivity contribution in [3.63, 3.8) is 0 Å². The Morgan fingerprint density at radius 2 is 1.04 bits per heavy atom. The normalized spacial score (nSPS) is 10.2. The molecular weight excluding hydrogens is 438 g/mol. The van der Waals surface area contributed by atoms with Gasteiger partial charge in [0.1, 0.15) is 0 Å². The molecule has 0 saturated heterocycles. The molecule has 0 spiro atoms. The molecule has 0 unspecified atom stereocenters. The second-order valence-electron chi connectivity index (χ2n) is 6.35. The molecule has 0 aliphatic rings. The van der Waals surface area contributed by atoms with Crippen LogP contribution < -0.4 is 24.8 Å². The third kappa shape index (κ3) is 4.01. The molecule has 3 heteroatoms. The first kappa shape index (κ1) is 23.2. The van der Waals surface area contributed by atoms with Gasteiger partial charge in [-0.3, -0.25) is 0 Å². The van der Waals surface area contributed by atoms with Gasteiger partial charge in [0.25, 0.3) is 0 Å². The second kappa shape index (κ2) is 9.88. The fourth-order valence-corrected chi connectivity index (χ4v) is 4.05. The zero-order valence-corrected chi connectivity index (χ0v) is 19.1. The first-order valence-corrected chi connectivity index (χ1v) is 8.64. The smallest absolute Gasteiger partial charge is 1.00 e. The van der Waals surface area contributed by atoms with E-state index in [1.807, 2.05) is 0 Å². The van der Waals surface area contributed by atoms with Gasteiger partial charge < -0.3 is 24.8 Å². The van der Waals surface area contributed by atoms with Gasteiger partial charge in [-0.25, -0.2) is 0 Å². The largest absolute Gasteiger partial charge is 4.00 e. The van der Waals surface area contributed by atoms with E-state index < -0.39 is 0 Å². The average molecular weight is 461 g/mol. The van der Waals surface area contributed by atoms with Crippen LogP contribution in [0.15, 0.2) is 60.7 Å². The topological polar surface area (TPSA) is 0 Å². The van der Waals surface area contributed by atoms with E-state index in [0.29, 0.717) is 0 Å². The summed E-state index contributed by atoms with van der Waals surface area (Å²) in [6, 6.07) is 22.4. The van der Waals surface area contributed by atoms with Gasteiger partial charge in [-0.05, 0) is 6.42 Å². The first-order valence-electron chi connectivity index (χ1n) is 8.64. The van der Waals surface area contributed by atoms with Crippen LogP contribution in [0.2, 0.25) is 0 Å². The summed E-state index contributed by atoms with van der Waals surface area (Å²) in [5.74, 6) is 0. The van der Waals surface area contributed by atoms with E-state index in [0.717, 1.165) is 19.3 Å². The van der Waals surface area contributed by atoms with Crippen molar-refractivity contribution in [2.24, 2.45) is 0 Å². The molecule has 0 aromatic heterocycles. The molecule has 0 nitrogen and oxygen atoms in total. The summed E-state index contributed by atoms with van der Waals surface area (Å²) in [7, 11) is 0. The van der Waals surface area contributed by atoms with Crippen LogP contribution >= 0.6 is 0 Å². The summed E-state index contributed by atoms with van der Waals surface area (Å²) in [4.78, 5) is 0. The number of hydrogen-bond donors (Lipinski definition) is 0. The van der Waals surface area contributed by atoms with Gasteiger partial charge in [0.15, 0.2) is 0 Å². The molecule has 0 atom stereocenters. The molecule has 0 bridgehead atoms. The van der Waals surface area contributed by atoms with Crippen molar-refractivity contribution in [2.75, 3.05) is 0 Å². The van der Waals surface area contributed by atoms with Gasteiger partial charge in [0, 0.05) is 0 Å². The van der Waals surface area contributed by atoms with Crippen molar-refractivity contribution in [1.29, 1.82) is 0 Å². The summed E-state index contributed by atoms with van der Waals surface area (Å²) in [5, 5.41) is 5.63. The minimum absolute atomic E-state index is 0. The predicted molar refractivity (Wildman–Crippen MR) is 101 cm³/mol. The van der Waals surface area contributed by atoms with Gasteiger partial charge in [-0.15, -0.1) is 81.2 Å². The Balaban J connectivity index is 0.00000113. The zero-order chi connectivity index (χ0) is 15.8. The first-order chi connectivity index (χ1) is 11.3. The van der Waals surface area contributed by atoms with E-state index in [4.69, 9.17) is 0 Å². The van der Waals surface area contributed by atoms with Crippen LogP contribution in [0, 0.1) is 0 Å². The minimum atomic E-state index is 0. The van der Waals surface area contributed by atoms with Crippen LogP contribution in [0.4, 0.5) is 0 Å². The molecule has 4 aromatic rings. The van der Waals surface area contributed by atoms with Crippen LogP contribution in [0.5, 0.6) is 0 Å². The molecular formula is C23H22Cl2Zr. The minimum Gasteiger partial charge on any atom is -1.00 e. The van der Waals surface area contributed by atoms with Crippen molar-refractivity contribution in [2.45, 2.75) is 33.1 Å². The van der Waals surface area contributed by atoms with Gasteiger partial charge >= 0.3 is 26.2 Å². The Morgan fingerprint density at radius 1 is 0.654 bits per heavy atom. The maximum atomic E-state index is 2.39. The van der Waals surface area contributed by atoms with Crippen LogP contribution in [0.25, 0.3) is 21.5 Å². The van der Waals surface area contributed by atoms with Crippen molar-refractivity contribution < 1.29 is 51.0 Å². The molecule has 0 fully saturated rings. The summed E-state index contributed by atoms with van der Waals surface area (Å²) in [6.45, 7) is 4.54. The summed E-state index contributed by atoms with van der Waals surface area (Å²) < 4.78 is 0. The van der Waals surface area contributed by atoms with E-state index in [9.17, 15) is 0 Å². The fourth-order valence-electron chi connectivity index (χ4n) is 4.05. The molecule has 132 valence electrons. The summed E-state index contributed by atoms with van der Waals surface area (Å²) in [6.07, 6.45) is 3.25. The molecule has 0 radical (unpaired) electrons. The summed E-state index contributed by atoms with van der Waals surface area (Å²) >= 11 is 0. The Bertz CT molecular complexity index is 898. The molecule has 26 heavy (non-hydrogen) atoms. The van der Waals surface area contributed by atoms with E-state index in [-0.39, 0.29) is 51.0 Å². The van der Waals surface area contributed by atoms with Gasteiger partial charge in [0.2, 0.25) is 0 Å². The standard InChI is InChI=1S/C23H22.2ClH.Zr/c1-3-20-18(13-16-9-5-7-11-22(16)20)15-19-14-17-10-6-8-12-23(17)21(19)4-2;;;/h5-14H,3-4,15H2,1-2H3;2*1H;/q-2;;;+4/p-2. The zero-order valence-electron chi connectivity index (χ0n) is 15.2. The number of aryl methyl sites for hydroxylation is 2. The van der Waals surface area contributed by atoms with Crippen LogP contribution in [-0.4, -0.2) is 0 Å². The number of benzene rings is 2. The molecule has 4 aromatic carbocycles. The number of halogens is 2. The molecule has 0 N–H and O–H groups in total. The molecule has 4 rings (SSSR count). The summed E-state index contributed by atoms with van der Waals surface area (Å²) in [5.41, 5.74) is 6.04. The van der Waals surface area contributed by atoms with Crippen molar-refractivity contribution >= 4 is 21.5 Å². The quantitative estimate of drug-likeness (QED) is 0.381. The average Bonchev–Trinajstić information content (AvgIpc) is 3.11. The molecule has 0 aliphatic carbocycles. The van der Waals surface area contributed by atoms with E-state index in [1.165, 1.54) is 43.8 Å². The van der Waals surface area contributed by atoms with Crippen molar-refractivity contribution in [3.8, 4) is 0 Å². The van der Waals surface area contributed by atoms with E-state index >= 15 is 0 Å². The van der Waals surface area contributed by atoms with Crippen molar-refractivity contribution in [1.82, 2.24) is 0 Å². The Labute approximate surface area is 187 Å². The van der Waals surface area contributed by atoms with Crippen LogP contribution in [0.3, 0.4) is 0 Å². The third-order valence-electron chi connectivity index (χ3n) is 5.09. The SMILES string of the molecule is CCc1c(Cc2[cH-]c3ccccc3c2CC)[cH-]c2ccccc12.[Cl-].[Cl-].[Zr+4]. The Hall–Kier alpha value is -0.877. The molecule has 0 saturated carbocycles. The molecule has 0 heterocycles. The van der Waals surface area contributed by atoms with Crippen molar-refractivity contribution in [3.05, 3.63) is 82.9 Å². The fraction of sp³-hybridized carbons (Fsp3) is 0.217. The van der Waals surface area contributed by atoms with Gasteiger partial charge in [0.05, 0.1) is 0 Å². The van der Waals surface area contributed by atoms with Crippen LogP contribution in [0.1, 0.15) is 36.1 Å². The molecule has 0 amide bonds. The maximum Gasteiger partial charge on any atom is 4.00 e. The monoisotopic (exact) mass is 458 g/mol. The van der Waals surface area contributed by atoms with E-state index in [1.54, 1.807) is 0 Å². The number of hydrogen-bond acceptors (Lipinski definition) is 0. The van der Waals surface area contributed by atoms with Gasteiger partial charge in [-0.1, -0.05) is 38.8 Å². The molecule has 0 aliphatic heterocycles. The van der Waals surface area contributed by atoms with E-state index in [2.05, 4.69) is 74.5 Å². The number of fused-ring (bicyclic) bond motifs is 2.